The molecule has 0 aliphatic carbocycles. The molecule has 0 unspecified atom stereocenters. The van der Waals surface area contributed by atoms with E-state index in [-0.39, 0.29) is 0 Å². The summed E-state index contributed by atoms with van der Waals surface area (Å²) in [4.78, 5) is 31.1. The SMILES string of the molecule is CCC(CC)N1CCC2(CCN(CCCn3ccnc3CN(Cc3ccc(C=CC(=O)O)cc3)Cc3ncc[nH]3)C2)CC1. The molecule has 2 aliphatic rings. The lowest BCUT2D eigenvalue weighted by atomic mass is 9.77. The second-order valence-corrected chi connectivity index (χ2v) is 12.5. The van der Waals surface area contributed by atoms with Crippen LogP contribution in [0.25, 0.3) is 6.08 Å². The minimum Gasteiger partial charge on any atom is -0.478 e. The number of aromatic nitrogens is 4. The van der Waals surface area contributed by atoms with Gasteiger partial charge in [-0.25, -0.2) is 14.8 Å². The number of rotatable bonds is 15. The second kappa shape index (κ2) is 14.9. The Labute approximate surface area is 256 Å². The van der Waals surface area contributed by atoms with Gasteiger partial charge in [-0.15, -0.1) is 0 Å². The van der Waals surface area contributed by atoms with Crippen LogP contribution in [0.4, 0.5) is 0 Å². The summed E-state index contributed by atoms with van der Waals surface area (Å²) in [5.74, 6) is 1.05. The molecule has 3 aromatic rings. The highest BCUT2D eigenvalue weighted by Crippen LogP contribution is 2.41. The zero-order chi connectivity index (χ0) is 30.1. The summed E-state index contributed by atoms with van der Waals surface area (Å²) in [5.41, 5.74) is 2.57. The third-order valence-corrected chi connectivity index (χ3v) is 9.61. The number of imidazole rings is 2. The minimum atomic E-state index is -0.943. The lowest BCUT2D eigenvalue weighted by Crippen LogP contribution is -2.45. The van der Waals surface area contributed by atoms with Crippen molar-refractivity contribution in [2.24, 2.45) is 5.41 Å². The van der Waals surface area contributed by atoms with Gasteiger partial charge in [0.2, 0.25) is 0 Å². The summed E-state index contributed by atoms with van der Waals surface area (Å²) in [6.07, 6.45) is 18.2. The zero-order valence-corrected chi connectivity index (χ0v) is 26.0. The fourth-order valence-electron chi connectivity index (χ4n) is 7.08. The maximum Gasteiger partial charge on any atom is 0.328 e. The molecule has 0 bridgehead atoms. The second-order valence-electron chi connectivity index (χ2n) is 12.5. The van der Waals surface area contributed by atoms with Crippen molar-refractivity contribution in [1.29, 1.82) is 0 Å². The van der Waals surface area contributed by atoms with E-state index >= 15 is 0 Å². The predicted molar refractivity (Wildman–Crippen MR) is 170 cm³/mol. The number of H-pyrrole nitrogens is 1. The number of hydrogen-bond acceptors (Lipinski definition) is 6. The molecule has 2 fully saturated rings. The monoisotopic (exact) mass is 587 g/mol. The third kappa shape index (κ3) is 8.65. The van der Waals surface area contributed by atoms with Gasteiger partial charge in [-0.1, -0.05) is 38.1 Å². The molecule has 9 nitrogen and oxygen atoms in total. The van der Waals surface area contributed by atoms with Crippen molar-refractivity contribution in [2.75, 3.05) is 32.7 Å². The van der Waals surface area contributed by atoms with Crippen LogP contribution in [0.1, 0.15) is 75.1 Å². The topological polar surface area (TPSA) is 93.5 Å². The number of hydrogen-bond donors (Lipinski definition) is 2. The number of carboxylic acids is 1. The first-order valence-electron chi connectivity index (χ1n) is 16.1. The van der Waals surface area contributed by atoms with Gasteiger partial charge in [-0.3, -0.25) is 4.90 Å². The Bertz CT molecular complexity index is 1290. The number of carbonyl (C=O) groups is 1. The summed E-state index contributed by atoms with van der Waals surface area (Å²) in [6.45, 7) is 14.0. The summed E-state index contributed by atoms with van der Waals surface area (Å²) >= 11 is 0. The lowest BCUT2D eigenvalue weighted by molar-refractivity contribution is -0.131. The van der Waals surface area contributed by atoms with Gasteiger partial charge in [-0.05, 0) is 87.3 Å². The maximum atomic E-state index is 10.8. The van der Waals surface area contributed by atoms with Crippen LogP contribution in [0, 0.1) is 5.41 Å². The van der Waals surface area contributed by atoms with Crippen molar-refractivity contribution < 1.29 is 9.90 Å². The molecule has 43 heavy (non-hydrogen) atoms. The van der Waals surface area contributed by atoms with E-state index in [0.29, 0.717) is 18.5 Å². The van der Waals surface area contributed by atoms with E-state index in [9.17, 15) is 4.79 Å². The first kappa shape index (κ1) is 31.2. The Balaban J connectivity index is 1.13. The van der Waals surface area contributed by atoms with E-state index in [2.05, 4.69) is 61.4 Å². The molecule has 0 amide bonds. The number of aliphatic carboxylic acids is 1. The minimum absolute atomic E-state index is 0.541. The summed E-state index contributed by atoms with van der Waals surface area (Å²) in [6, 6.07) is 8.80. The highest BCUT2D eigenvalue weighted by Gasteiger charge is 2.40. The number of aryl methyl sites for hydroxylation is 1. The molecule has 9 heteroatoms. The van der Waals surface area contributed by atoms with E-state index in [1.807, 2.05) is 24.5 Å². The van der Waals surface area contributed by atoms with Crippen LogP contribution in [-0.2, 0) is 31.0 Å². The Morgan fingerprint density at radius 2 is 1.79 bits per heavy atom. The summed E-state index contributed by atoms with van der Waals surface area (Å²) in [5, 5.41) is 8.90. The van der Waals surface area contributed by atoms with Gasteiger partial charge in [-0.2, -0.15) is 0 Å². The van der Waals surface area contributed by atoms with Crippen molar-refractivity contribution in [3.8, 4) is 0 Å². The molecule has 4 heterocycles. The molecular weight excluding hydrogens is 538 g/mol. The zero-order valence-electron chi connectivity index (χ0n) is 26.0. The molecule has 1 spiro atoms. The molecule has 232 valence electrons. The molecule has 0 radical (unpaired) electrons. The lowest BCUT2D eigenvalue weighted by Gasteiger charge is -2.42. The Hall–Kier alpha value is -3.27. The van der Waals surface area contributed by atoms with Gasteiger partial charge >= 0.3 is 5.97 Å². The molecule has 2 aliphatic heterocycles. The highest BCUT2D eigenvalue weighted by atomic mass is 16.4. The fourth-order valence-corrected chi connectivity index (χ4v) is 7.08. The maximum absolute atomic E-state index is 10.8. The first-order chi connectivity index (χ1) is 20.9. The summed E-state index contributed by atoms with van der Waals surface area (Å²) in [7, 11) is 0. The average Bonchev–Trinajstić information content (AvgIpc) is 3.77. The van der Waals surface area contributed by atoms with Crippen LogP contribution in [0.2, 0.25) is 0 Å². The molecule has 1 aromatic carbocycles. The Morgan fingerprint density at radius 3 is 2.49 bits per heavy atom. The molecule has 2 N–H and O–H groups in total. The van der Waals surface area contributed by atoms with Crippen molar-refractivity contribution in [3.63, 3.8) is 0 Å². The first-order valence-corrected chi connectivity index (χ1v) is 16.1. The van der Waals surface area contributed by atoms with Crippen LogP contribution in [-0.4, -0.2) is 84.1 Å². The van der Waals surface area contributed by atoms with Crippen LogP contribution in [0.15, 0.2) is 55.1 Å². The highest BCUT2D eigenvalue weighted by molar-refractivity contribution is 5.85. The van der Waals surface area contributed by atoms with E-state index in [4.69, 9.17) is 10.1 Å². The molecule has 0 saturated carbocycles. The molecular formula is C34H49N7O2. The molecule has 5 rings (SSSR count). The van der Waals surface area contributed by atoms with Gasteiger partial charge in [0.1, 0.15) is 11.6 Å². The number of aromatic amines is 1. The number of nitrogens with one attached hydrogen (secondary N) is 1. The van der Waals surface area contributed by atoms with E-state index in [0.717, 1.165) is 60.9 Å². The van der Waals surface area contributed by atoms with Crippen LogP contribution < -0.4 is 0 Å². The number of carboxylic acid groups (broad SMARTS) is 1. The van der Waals surface area contributed by atoms with Gasteiger partial charge in [0.05, 0.1) is 13.1 Å². The van der Waals surface area contributed by atoms with Gasteiger partial charge < -0.3 is 24.5 Å². The van der Waals surface area contributed by atoms with Crippen molar-refractivity contribution in [2.45, 2.75) is 84.6 Å². The number of piperidine rings is 1. The van der Waals surface area contributed by atoms with Gasteiger partial charge in [0, 0.05) is 56.5 Å². The van der Waals surface area contributed by atoms with E-state index < -0.39 is 5.97 Å². The average molecular weight is 588 g/mol. The van der Waals surface area contributed by atoms with Gasteiger partial charge in [0.25, 0.3) is 0 Å². The largest absolute Gasteiger partial charge is 0.478 e. The quantitative estimate of drug-likeness (QED) is 0.234. The number of nitrogens with zero attached hydrogens (tertiary/aromatic N) is 6. The molecule has 0 atom stereocenters. The standard InChI is InChI=1S/C34H49N7O2/c1-3-30(4-2)40-21-13-34(14-22-40)12-20-38(27-34)18-5-19-41-23-17-37-32(41)26-39(25-31-35-15-16-36-31)24-29-8-6-28(7-9-29)10-11-33(42)43/h6-11,15-17,23,30H,3-5,12-14,18-22,24-27H2,1-2H3,(H,35,36)(H,42,43). The third-order valence-electron chi connectivity index (χ3n) is 9.61. The van der Waals surface area contributed by atoms with Crippen molar-refractivity contribution >= 4 is 12.0 Å². The van der Waals surface area contributed by atoms with Crippen LogP contribution in [0.3, 0.4) is 0 Å². The number of benzene rings is 1. The Morgan fingerprint density at radius 1 is 1.02 bits per heavy atom. The van der Waals surface area contributed by atoms with Crippen molar-refractivity contribution in [3.05, 3.63) is 77.9 Å². The van der Waals surface area contributed by atoms with E-state index in [1.165, 1.54) is 58.3 Å². The fraction of sp³-hybridized carbons (Fsp3) is 0.559. The molecule has 2 aromatic heterocycles. The summed E-state index contributed by atoms with van der Waals surface area (Å²) < 4.78 is 2.31. The molecule has 2 saturated heterocycles. The van der Waals surface area contributed by atoms with Crippen molar-refractivity contribution in [1.82, 2.24) is 34.2 Å². The predicted octanol–water partition coefficient (Wildman–Crippen LogP) is 5.27. The van der Waals surface area contributed by atoms with Crippen LogP contribution >= 0.6 is 0 Å². The van der Waals surface area contributed by atoms with Crippen LogP contribution in [0.5, 0.6) is 0 Å². The van der Waals surface area contributed by atoms with Gasteiger partial charge in [0.15, 0.2) is 0 Å². The van der Waals surface area contributed by atoms with E-state index in [1.54, 1.807) is 12.3 Å². The number of likely N-dealkylation sites (tertiary alicyclic amines) is 2. The smallest absolute Gasteiger partial charge is 0.328 e. The Kier molecular flexibility index (Phi) is 10.8. The normalized spacial score (nSPS) is 17.7.